The zero-order valence-corrected chi connectivity index (χ0v) is 23.6. The quantitative estimate of drug-likeness (QED) is 0.208. The van der Waals surface area contributed by atoms with Crippen molar-refractivity contribution in [3.63, 3.8) is 0 Å². The Kier molecular flexibility index (Phi) is 8.36. The summed E-state index contributed by atoms with van der Waals surface area (Å²) < 4.78 is 2.03. The Morgan fingerprint density at radius 2 is 1.64 bits per heavy atom. The molecule has 1 N–H and O–H groups in total. The van der Waals surface area contributed by atoms with Crippen LogP contribution in [0.5, 0.6) is 0 Å². The summed E-state index contributed by atoms with van der Waals surface area (Å²) in [5, 5.41) is 5.20. The smallest absolute Gasteiger partial charge is 0.271 e. The van der Waals surface area contributed by atoms with Crippen molar-refractivity contribution in [3.05, 3.63) is 117 Å². The maximum atomic E-state index is 12.7. The summed E-state index contributed by atoms with van der Waals surface area (Å²) in [6.45, 7) is 8.88. The van der Waals surface area contributed by atoms with Gasteiger partial charge in [0.2, 0.25) is 0 Å². The van der Waals surface area contributed by atoms with Gasteiger partial charge in [-0.3, -0.25) is 9.69 Å². The van der Waals surface area contributed by atoms with E-state index in [1.807, 2.05) is 60.9 Å². The number of aryl methyl sites for hydroxylation is 1. The van der Waals surface area contributed by atoms with Gasteiger partial charge >= 0.3 is 0 Å². The van der Waals surface area contributed by atoms with Crippen molar-refractivity contribution < 1.29 is 4.79 Å². The number of rotatable bonds is 7. The summed E-state index contributed by atoms with van der Waals surface area (Å²) in [6, 6.07) is 25.8. The number of nitrogens with one attached hydrogen (secondary N) is 1. The molecule has 200 valence electrons. The fraction of sp³-hybridized carbons (Fsp3) is 0.226. The zero-order chi connectivity index (χ0) is 27.4. The number of anilines is 1. The van der Waals surface area contributed by atoms with Crippen molar-refractivity contribution in [1.82, 2.24) is 14.9 Å². The number of nitrogens with zero attached hydrogens (tertiary/aromatic N) is 4. The Hall–Kier alpha value is -3.58. The Morgan fingerprint density at radius 3 is 2.36 bits per heavy atom. The van der Waals surface area contributed by atoms with Gasteiger partial charge in [0, 0.05) is 60.9 Å². The summed E-state index contributed by atoms with van der Waals surface area (Å²) in [5.74, 6) is -0.249. The molecule has 2 heterocycles. The molecule has 0 atom stereocenters. The van der Waals surface area contributed by atoms with Crippen LogP contribution in [0.3, 0.4) is 0 Å². The first-order chi connectivity index (χ1) is 18.9. The minimum atomic E-state index is -0.249. The summed E-state index contributed by atoms with van der Waals surface area (Å²) in [5.41, 5.74) is 9.31. The third-order valence-corrected chi connectivity index (χ3v) is 7.94. The Bertz CT molecular complexity index is 1470. The van der Waals surface area contributed by atoms with Gasteiger partial charge in [-0.05, 0) is 61.9 Å². The molecule has 1 amide bonds. The second-order valence-corrected chi connectivity index (χ2v) is 10.5. The van der Waals surface area contributed by atoms with E-state index in [1.165, 1.54) is 11.3 Å². The maximum Gasteiger partial charge on any atom is 0.271 e. The molecular weight excluding hydrogens is 529 g/mol. The number of hydrazone groups is 1. The van der Waals surface area contributed by atoms with E-state index in [4.69, 9.17) is 23.2 Å². The first-order valence-corrected chi connectivity index (χ1v) is 13.7. The van der Waals surface area contributed by atoms with Gasteiger partial charge in [-0.25, -0.2) is 5.43 Å². The van der Waals surface area contributed by atoms with Gasteiger partial charge in [-0.2, -0.15) is 5.10 Å². The van der Waals surface area contributed by atoms with Crippen molar-refractivity contribution in [2.45, 2.75) is 20.4 Å². The lowest BCUT2D eigenvalue weighted by Gasteiger charge is -2.36. The van der Waals surface area contributed by atoms with Crippen molar-refractivity contribution in [2.75, 3.05) is 31.1 Å². The fourth-order valence-electron chi connectivity index (χ4n) is 5.00. The Balaban J connectivity index is 1.16. The third kappa shape index (κ3) is 6.19. The molecule has 0 radical (unpaired) electrons. The van der Waals surface area contributed by atoms with E-state index in [2.05, 4.69) is 50.7 Å². The molecule has 39 heavy (non-hydrogen) atoms. The van der Waals surface area contributed by atoms with Crippen LogP contribution in [0.1, 0.15) is 32.9 Å². The van der Waals surface area contributed by atoms with E-state index in [9.17, 15) is 4.79 Å². The molecule has 6 nitrogen and oxygen atoms in total. The lowest BCUT2D eigenvalue weighted by molar-refractivity contribution is 0.0955. The van der Waals surface area contributed by atoms with Crippen molar-refractivity contribution in [1.29, 1.82) is 0 Å². The van der Waals surface area contributed by atoms with Crippen LogP contribution in [0.25, 0.3) is 5.69 Å². The number of aromatic nitrogens is 1. The second-order valence-electron chi connectivity index (χ2n) is 9.73. The van der Waals surface area contributed by atoms with E-state index in [-0.39, 0.29) is 5.91 Å². The lowest BCUT2D eigenvalue weighted by Crippen LogP contribution is -2.45. The molecule has 0 saturated carbocycles. The molecule has 0 unspecified atom stereocenters. The fourth-order valence-corrected chi connectivity index (χ4v) is 5.38. The molecule has 1 aliphatic rings. The molecule has 0 spiro atoms. The van der Waals surface area contributed by atoms with Gasteiger partial charge < -0.3 is 9.47 Å². The average Bonchev–Trinajstić information content (AvgIpc) is 3.24. The van der Waals surface area contributed by atoms with Crippen molar-refractivity contribution in [2.24, 2.45) is 5.10 Å². The number of piperazine rings is 1. The van der Waals surface area contributed by atoms with Crippen molar-refractivity contribution in [3.8, 4) is 5.69 Å². The SMILES string of the molecule is Cc1cc(/C=N/NC(=O)c2ccc(CN3CCN(c4ccccc4)CC3)cc2)c(C)n1-c1cccc(Cl)c1Cl. The van der Waals surface area contributed by atoms with E-state index in [0.717, 1.165) is 55.4 Å². The molecule has 3 aromatic carbocycles. The number of para-hydroxylation sites is 1. The number of amides is 1. The highest BCUT2D eigenvalue weighted by atomic mass is 35.5. The molecule has 8 heteroatoms. The molecule has 1 fully saturated rings. The molecule has 1 aromatic heterocycles. The van der Waals surface area contributed by atoms with Crippen LogP contribution in [-0.2, 0) is 6.54 Å². The molecule has 0 bridgehead atoms. The second kappa shape index (κ2) is 12.1. The van der Waals surface area contributed by atoms with Crippen molar-refractivity contribution >= 4 is 41.0 Å². The molecular formula is C31H31Cl2N5O. The van der Waals surface area contributed by atoms with Gasteiger partial charge in [-0.15, -0.1) is 0 Å². The number of carbonyl (C=O) groups is 1. The number of hydrogen-bond acceptors (Lipinski definition) is 4. The van der Waals surface area contributed by atoms with E-state index in [1.54, 1.807) is 12.3 Å². The standard InChI is InChI=1S/C31H31Cl2N5O/c1-22-19-26(23(2)38(22)29-10-6-9-28(32)30(29)33)20-34-35-31(39)25-13-11-24(12-14-25)21-36-15-17-37(18-16-36)27-7-4-3-5-8-27/h3-14,19-20H,15-18,21H2,1-2H3,(H,35,39)/b34-20+. The van der Waals surface area contributed by atoms with Crippen LogP contribution in [-0.4, -0.2) is 47.8 Å². The highest BCUT2D eigenvalue weighted by Gasteiger charge is 2.17. The summed E-state index contributed by atoms with van der Waals surface area (Å²) in [6.07, 6.45) is 1.65. The van der Waals surface area contributed by atoms with Gasteiger partial charge in [0.05, 0.1) is 21.9 Å². The number of carbonyl (C=O) groups excluding carboxylic acids is 1. The molecule has 1 aliphatic heterocycles. The van der Waals surface area contributed by atoms with Crippen LogP contribution >= 0.6 is 23.2 Å². The largest absolute Gasteiger partial charge is 0.369 e. The molecule has 5 rings (SSSR count). The highest BCUT2D eigenvalue weighted by Crippen LogP contribution is 2.31. The van der Waals surface area contributed by atoms with Crippen LogP contribution in [0.2, 0.25) is 10.0 Å². The van der Waals surface area contributed by atoms with Gasteiger partial charge in [0.15, 0.2) is 0 Å². The normalized spacial score (nSPS) is 14.2. The molecule has 0 aliphatic carbocycles. The Labute approximate surface area is 239 Å². The lowest BCUT2D eigenvalue weighted by atomic mass is 10.1. The van der Waals surface area contributed by atoms with Crippen LogP contribution in [0.4, 0.5) is 5.69 Å². The topological polar surface area (TPSA) is 52.9 Å². The first-order valence-electron chi connectivity index (χ1n) is 13.0. The van der Waals surface area contributed by atoms with E-state index < -0.39 is 0 Å². The van der Waals surface area contributed by atoms with Gasteiger partial charge in [0.25, 0.3) is 5.91 Å². The Morgan fingerprint density at radius 1 is 0.923 bits per heavy atom. The summed E-state index contributed by atoms with van der Waals surface area (Å²) >= 11 is 12.7. The van der Waals surface area contributed by atoms with Crippen LogP contribution < -0.4 is 10.3 Å². The summed E-state index contributed by atoms with van der Waals surface area (Å²) in [4.78, 5) is 17.6. The maximum absolute atomic E-state index is 12.7. The minimum absolute atomic E-state index is 0.249. The minimum Gasteiger partial charge on any atom is -0.369 e. The van der Waals surface area contributed by atoms with Gasteiger partial charge in [0.1, 0.15) is 0 Å². The average molecular weight is 561 g/mol. The predicted octanol–water partition coefficient (Wildman–Crippen LogP) is 6.49. The zero-order valence-electron chi connectivity index (χ0n) is 22.1. The van der Waals surface area contributed by atoms with E-state index >= 15 is 0 Å². The number of benzene rings is 3. The third-order valence-electron chi connectivity index (χ3n) is 7.13. The van der Waals surface area contributed by atoms with E-state index in [0.29, 0.717) is 15.6 Å². The number of halogens is 2. The first kappa shape index (κ1) is 27.0. The molecule has 4 aromatic rings. The highest BCUT2D eigenvalue weighted by molar-refractivity contribution is 6.43. The molecule has 1 saturated heterocycles. The number of hydrogen-bond donors (Lipinski definition) is 1. The summed E-state index contributed by atoms with van der Waals surface area (Å²) in [7, 11) is 0. The van der Waals surface area contributed by atoms with Gasteiger partial charge in [-0.1, -0.05) is 59.6 Å². The van der Waals surface area contributed by atoms with Crippen LogP contribution in [0.15, 0.2) is 84.0 Å². The van der Waals surface area contributed by atoms with Crippen LogP contribution in [0, 0.1) is 13.8 Å². The monoisotopic (exact) mass is 559 g/mol. The predicted molar refractivity (Wildman–Crippen MR) is 161 cm³/mol.